The second-order valence-corrected chi connectivity index (χ2v) is 7.95. The number of amides is 1. The maximum atomic E-state index is 11.9. The highest BCUT2D eigenvalue weighted by molar-refractivity contribution is 8.15. The summed E-state index contributed by atoms with van der Waals surface area (Å²) in [5.74, 6) is -0.267. The number of methoxy groups -OCH3 is 1. The summed E-state index contributed by atoms with van der Waals surface area (Å²) < 4.78 is 27.5. The molecule has 114 valence electrons. The molecule has 5 nitrogen and oxygen atoms in total. The van der Waals surface area contributed by atoms with E-state index in [1.54, 1.807) is 14.0 Å². The van der Waals surface area contributed by atoms with Gasteiger partial charge in [-0.2, -0.15) is 0 Å². The molecule has 0 saturated carbocycles. The maximum Gasteiger partial charge on any atom is 0.271 e. The average molecular weight is 340 g/mol. The number of halogens is 1. The summed E-state index contributed by atoms with van der Waals surface area (Å²) in [6, 6.07) is 0. The summed E-state index contributed by atoms with van der Waals surface area (Å²) in [5.41, 5.74) is 0.771. The smallest absolute Gasteiger partial charge is 0.271 e. The summed E-state index contributed by atoms with van der Waals surface area (Å²) >= 11 is 0.964. The first-order valence-corrected chi connectivity index (χ1v) is 9.36. The van der Waals surface area contributed by atoms with Crippen LogP contribution in [0.1, 0.15) is 35.2 Å². The van der Waals surface area contributed by atoms with Crippen molar-refractivity contribution >= 4 is 37.0 Å². The molecule has 1 aromatic rings. The van der Waals surface area contributed by atoms with Crippen molar-refractivity contribution in [3.8, 4) is 0 Å². The minimum atomic E-state index is -3.78. The lowest BCUT2D eigenvalue weighted by molar-refractivity contribution is 0.0952. The fourth-order valence-electron chi connectivity index (χ4n) is 1.71. The lowest BCUT2D eigenvalue weighted by atomic mass is 10.2. The van der Waals surface area contributed by atoms with Gasteiger partial charge in [0.2, 0.25) is 0 Å². The van der Waals surface area contributed by atoms with Crippen molar-refractivity contribution in [1.29, 1.82) is 0 Å². The van der Waals surface area contributed by atoms with Gasteiger partial charge in [0.1, 0.15) is 4.21 Å². The van der Waals surface area contributed by atoms with E-state index in [4.69, 9.17) is 15.4 Å². The molecule has 20 heavy (non-hydrogen) atoms. The molecular formula is C12H18ClNO4S2. The van der Waals surface area contributed by atoms with Gasteiger partial charge in [-0.05, 0) is 31.7 Å². The third-order valence-corrected chi connectivity index (χ3v) is 6.08. The summed E-state index contributed by atoms with van der Waals surface area (Å²) in [7, 11) is 3.17. The van der Waals surface area contributed by atoms with Gasteiger partial charge >= 0.3 is 0 Å². The first kappa shape index (κ1) is 17.4. The van der Waals surface area contributed by atoms with E-state index in [-0.39, 0.29) is 10.1 Å². The molecule has 0 fully saturated rings. The van der Waals surface area contributed by atoms with Crippen LogP contribution in [0.5, 0.6) is 0 Å². The van der Waals surface area contributed by atoms with Crippen LogP contribution < -0.4 is 5.32 Å². The van der Waals surface area contributed by atoms with Crippen molar-refractivity contribution in [1.82, 2.24) is 5.32 Å². The number of thiophene rings is 1. The lowest BCUT2D eigenvalue weighted by Crippen LogP contribution is -2.24. The predicted molar refractivity (Wildman–Crippen MR) is 80.2 cm³/mol. The van der Waals surface area contributed by atoms with Gasteiger partial charge in [-0.15, -0.1) is 11.3 Å². The largest absolute Gasteiger partial charge is 0.385 e. The molecule has 0 atom stereocenters. The third kappa shape index (κ3) is 5.05. The van der Waals surface area contributed by atoms with Crippen LogP contribution in [0.4, 0.5) is 0 Å². The summed E-state index contributed by atoms with van der Waals surface area (Å²) in [5, 5.41) is 4.29. The quantitative estimate of drug-likeness (QED) is 0.583. The molecule has 1 rings (SSSR count). The Labute approximate surface area is 127 Å². The molecule has 0 bridgehead atoms. The summed E-state index contributed by atoms with van der Waals surface area (Å²) in [4.78, 5) is 11.9. The Morgan fingerprint density at radius 1 is 1.40 bits per heavy atom. The second-order valence-electron chi connectivity index (χ2n) is 4.31. The van der Waals surface area contributed by atoms with Crippen molar-refractivity contribution in [2.24, 2.45) is 0 Å². The van der Waals surface area contributed by atoms with Crippen molar-refractivity contribution in [2.45, 2.75) is 30.4 Å². The van der Waals surface area contributed by atoms with Crippen LogP contribution in [0, 0.1) is 6.92 Å². The van der Waals surface area contributed by atoms with E-state index in [0.717, 1.165) is 30.6 Å². The highest BCUT2D eigenvalue weighted by Gasteiger charge is 2.21. The van der Waals surface area contributed by atoms with E-state index in [2.05, 4.69) is 5.32 Å². The van der Waals surface area contributed by atoms with E-state index < -0.39 is 9.05 Å². The van der Waals surface area contributed by atoms with Gasteiger partial charge in [-0.25, -0.2) is 8.42 Å². The van der Waals surface area contributed by atoms with Crippen molar-refractivity contribution in [3.63, 3.8) is 0 Å². The topological polar surface area (TPSA) is 72.5 Å². The molecule has 0 aliphatic heterocycles. The minimum absolute atomic E-state index is 0.0319. The van der Waals surface area contributed by atoms with Crippen LogP contribution in [0.15, 0.2) is 9.59 Å². The molecule has 0 aliphatic rings. The van der Waals surface area contributed by atoms with Gasteiger partial charge in [0, 0.05) is 36.3 Å². The number of rotatable bonds is 8. The van der Waals surface area contributed by atoms with Gasteiger partial charge in [-0.1, -0.05) is 0 Å². The van der Waals surface area contributed by atoms with Crippen molar-refractivity contribution < 1.29 is 17.9 Å². The number of unbranched alkanes of at least 4 members (excludes halogenated alkanes) is 2. The third-order valence-electron chi connectivity index (χ3n) is 2.77. The Morgan fingerprint density at radius 3 is 2.65 bits per heavy atom. The van der Waals surface area contributed by atoms with Gasteiger partial charge in [0.25, 0.3) is 15.0 Å². The minimum Gasteiger partial charge on any atom is -0.385 e. The van der Waals surface area contributed by atoms with E-state index >= 15 is 0 Å². The van der Waals surface area contributed by atoms with Crippen molar-refractivity contribution in [3.05, 3.63) is 16.5 Å². The van der Waals surface area contributed by atoms with Gasteiger partial charge < -0.3 is 10.1 Å². The number of ether oxygens (including phenoxy) is 1. The zero-order valence-corrected chi connectivity index (χ0v) is 13.8. The molecule has 0 aromatic carbocycles. The first-order chi connectivity index (χ1) is 9.38. The van der Waals surface area contributed by atoms with Crippen LogP contribution in [-0.4, -0.2) is 34.6 Å². The Kier molecular flexibility index (Phi) is 6.94. The predicted octanol–water partition coefficient (Wildman–Crippen LogP) is 2.53. The zero-order valence-electron chi connectivity index (χ0n) is 11.4. The number of hydrogen-bond donors (Lipinski definition) is 1. The first-order valence-electron chi connectivity index (χ1n) is 6.17. The molecule has 1 amide bonds. The molecule has 1 N–H and O–H groups in total. The van der Waals surface area contributed by atoms with Crippen LogP contribution >= 0.6 is 22.0 Å². The molecule has 1 aromatic heterocycles. The molecule has 0 aliphatic carbocycles. The number of carbonyl (C=O) groups excluding carboxylic acids is 1. The zero-order chi connectivity index (χ0) is 15.2. The fraction of sp³-hybridized carbons (Fsp3) is 0.583. The molecular weight excluding hydrogens is 322 g/mol. The normalized spacial score (nSPS) is 11.6. The molecule has 8 heteroatoms. The fourth-order valence-corrected chi connectivity index (χ4v) is 4.26. The summed E-state index contributed by atoms with van der Waals surface area (Å²) in [6.07, 6.45) is 2.79. The van der Waals surface area contributed by atoms with E-state index in [0.29, 0.717) is 24.3 Å². The van der Waals surface area contributed by atoms with Crippen LogP contribution in [0.25, 0.3) is 0 Å². The molecule has 1 heterocycles. The Bertz CT molecular complexity index is 554. The Hall–Kier alpha value is -0.630. The lowest BCUT2D eigenvalue weighted by Gasteiger charge is -2.05. The Balaban J connectivity index is 2.51. The van der Waals surface area contributed by atoms with E-state index in [9.17, 15) is 13.2 Å². The Morgan fingerprint density at radius 2 is 2.10 bits per heavy atom. The maximum absolute atomic E-state index is 11.9. The number of carbonyl (C=O) groups is 1. The molecule has 0 saturated heterocycles. The SMILES string of the molecule is COCCCCCNC(=O)c1csc(S(=O)(=O)Cl)c1C. The van der Waals surface area contributed by atoms with E-state index in [1.807, 2.05) is 0 Å². The molecule has 0 radical (unpaired) electrons. The van der Waals surface area contributed by atoms with Gasteiger partial charge in [0.15, 0.2) is 0 Å². The molecule has 0 spiro atoms. The van der Waals surface area contributed by atoms with Crippen LogP contribution in [-0.2, 0) is 13.8 Å². The van der Waals surface area contributed by atoms with Gasteiger partial charge in [0.05, 0.1) is 5.56 Å². The molecule has 0 unspecified atom stereocenters. The second kappa shape index (κ2) is 7.97. The van der Waals surface area contributed by atoms with Crippen LogP contribution in [0.2, 0.25) is 0 Å². The average Bonchev–Trinajstić information content (AvgIpc) is 2.75. The number of nitrogens with one attached hydrogen (secondary N) is 1. The van der Waals surface area contributed by atoms with Gasteiger partial charge in [-0.3, -0.25) is 4.79 Å². The van der Waals surface area contributed by atoms with Crippen LogP contribution in [0.3, 0.4) is 0 Å². The summed E-state index contributed by atoms with van der Waals surface area (Å²) in [6.45, 7) is 2.86. The highest BCUT2D eigenvalue weighted by atomic mass is 35.7. The van der Waals surface area contributed by atoms with Crippen molar-refractivity contribution in [2.75, 3.05) is 20.3 Å². The monoisotopic (exact) mass is 339 g/mol. The van der Waals surface area contributed by atoms with E-state index in [1.165, 1.54) is 5.38 Å². The highest BCUT2D eigenvalue weighted by Crippen LogP contribution is 2.29. The standard InChI is InChI=1S/C12H18ClNO4S2/c1-9-10(8-19-12(9)20(13,16)17)11(15)14-6-4-3-5-7-18-2/h8H,3-7H2,1-2H3,(H,14,15). The number of hydrogen-bond acceptors (Lipinski definition) is 5.